The van der Waals surface area contributed by atoms with E-state index in [0.717, 1.165) is 24.8 Å². The highest BCUT2D eigenvalue weighted by Crippen LogP contribution is 2.47. The lowest BCUT2D eigenvalue weighted by molar-refractivity contribution is -0.137. The molecule has 0 aromatic heterocycles. The zero-order valence-electron chi connectivity index (χ0n) is 14.9. The van der Waals surface area contributed by atoms with Crippen molar-refractivity contribution in [3.05, 3.63) is 23.8 Å². The van der Waals surface area contributed by atoms with E-state index in [0.29, 0.717) is 6.42 Å². The van der Waals surface area contributed by atoms with Crippen LogP contribution in [0.15, 0.2) is 23.8 Å². The molecule has 0 aromatic carbocycles. The third kappa shape index (κ3) is 4.79. The van der Waals surface area contributed by atoms with Crippen LogP contribution in [-0.2, 0) is 19.1 Å². The Morgan fingerprint density at radius 2 is 2.04 bits per heavy atom. The Balaban J connectivity index is 1.48. The highest BCUT2D eigenvalue weighted by molar-refractivity contribution is 6.04. The van der Waals surface area contributed by atoms with Gasteiger partial charge in [-0.2, -0.15) is 0 Å². The van der Waals surface area contributed by atoms with E-state index in [2.05, 4.69) is 19.1 Å². The lowest BCUT2D eigenvalue weighted by Crippen LogP contribution is -2.12. The molecular weight excluding hydrogens is 320 g/mol. The number of ketones is 1. The van der Waals surface area contributed by atoms with Crippen molar-refractivity contribution in [3.8, 4) is 0 Å². The smallest absolute Gasteiger partial charge is 0.303 e. The monoisotopic (exact) mass is 348 g/mol. The summed E-state index contributed by atoms with van der Waals surface area (Å²) < 4.78 is 11.1. The molecule has 2 aliphatic heterocycles. The molecule has 3 fully saturated rings. The molecule has 25 heavy (non-hydrogen) atoms. The van der Waals surface area contributed by atoms with Crippen LogP contribution in [0.3, 0.4) is 0 Å². The number of Topliss-reactive ketones (excluding diaryl/α,β-unsaturated/α-hetero) is 1. The number of hydrogen-bond acceptors (Lipinski definition) is 4. The zero-order chi connectivity index (χ0) is 17.8. The largest absolute Gasteiger partial charge is 0.481 e. The first kappa shape index (κ1) is 18.3. The molecule has 3 aliphatic rings. The molecular formula is C20H28O5. The molecule has 0 aromatic rings. The Bertz CT molecular complexity index is 564. The van der Waals surface area contributed by atoms with Gasteiger partial charge in [0.1, 0.15) is 12.2 Å². The molecule has 0 bridgehead atoms. The number of hydrogen-bond donors (Lipinski definition) is 1. The maximum absolute atomic E-state index is 12.4. The summed E-state index contributed by atoms with van der Waals surface area (Å²) in [5.41, 5.74) is 0.866. The van der Waals surface area contributed by atoms with E-state index in [1.54, 1.807) is 0 Å². The first-order chi connectivity index (χ1) is 12.1. The van der Waals surface area contributed by atoms with Crippen LogP contribution in [0, 0.1) is 5.92 Å². The second kappa shape index (κ2) is 8.28. The number of carboxylic acid groups (broad SMARTS) is 1. The van der Waals surface area contributed by atoms with Crippen LogP contribution in [0.4, 0.5) is 0 Å². The average molecular weight is 348 g/mol. The quantitative estimate of drug-likeness (QED) is 0.268. The van der Waals surface area contributed by atoms with Crippen molar-refractivity contribution in [2.45, 2.75) is 82.7 Å². The molecule has 3 rings (SSSR count). The lowest BCUT2D eigenvalue weighted by Gasteiger charge is -2.10. The normalized spacial score (nSPS) is 34.7. The van der Waals surface area contributed by atoms with Gasteiger partial charge in [-0.15, -0.1) is 0 Å². The van der Waals surface area contributed by atoms with Crippen LogP contribution >= 0.6 is 0 Å². The fourth-order valence-corrected chi connectivity index (χ4v) is 3.67. The molecule has 138 valence electrons. The van der Waals surface area contributed by atoms with E-state index in [1.807, 2.05) is 6.08 Å². The Kier molecular flexibility index (Phi) is 6.07. The third-order valence-corrected chi connectivity index (χ3v) is 5.24. The van der Waals surface area contributed by atoms with Crippen molar-refractivity contribution >= 4 is 11.8 Å². The number of carbonyl (C=O) groups excluding carboxylic acids is 1. The molecule has 0 spiro atoms. The first-order valence-electron chi connectivity index (χ1n) is 9.55. The molecule has 0 unspecified atom stereocenters. The van der Waals surface area contributed by atoms with Crippen molar-refractivity contribution < 1.29 is 24.2 Å². The first-order valence-corrected chi connectivity index (χ1v) is 9.55. The minimum Gasteiger partial charge on any atom is -0.481 e. The lowest BCUT2D eigenvalue weighted by atomic mass is 9.95. The second-order valence-corrected chi connectivity index (χ2v) is 7.24. The summed E-state index contributed by atoms with van der Waals surface area (Å²) in [4.78, 5) is 22.9. The number of aliphatic carboxylic acids is 1. The van der Waals surface area contributed by atoms with Crippen LogP contribution in [0.25, 0.3) is 0 Å². The van der Waals surface area contributed by atoms with Crippen molar-refractivity contribution in [3.63, 3.8) is 0 Å². The SMILES string of the molecule is CCCCC/C=C\C[C@@H]1/C(=C\[C@H]2O[C@@H]2CCCC(=O)O)C(=O)[C@H]2O[C@H]21. The molecule has 1 N–H and O–H groups in total. The topological polar surface area (TPSA) is 79.4 Å². The molecule has 1 saturated carbocycles. The zero-order valence-corrected chi connectivity index (χ0v) is 14.9. The predicted molar refractivity (Wildman–Crippen MR) is 93.3 cm³/mol. The number of carboxylic acids is 1. The van der Waals surface area contributed by atoms with Gasteiger partial charge in [-0.05, 0) is 38.2 Å². The standard InChI is InChI=1S/C20H28O5/c1-2-3-4-5-6-7-9-13-14(18(23)20-19(13)25-20)12-16-15(24-16)10-8-11-17(21)22/h6-7,12-13,15-16,19-20H,2-5,8-11H2,1H3,(H,21,22)/b7-6-,14-12+/t13-,15-,16-,19+,20-/m1/s1. The second-order valence-electron chi connectivity index (χ2n) is 7.24. The Labute approximate surface area is 149 Å². The van der Waals surface area contributed by atoms with Gasteiger partial charge in [0.15, 0.2) is 5.78 Å². The summed E-state index contributed by atoms with van der Waals surface area (Å²) in [5.74, 6) is -0.498. The Hall–Kier alpha value is -1.46. The highest BCUT2D eigenvalue weighted by Gasteiger charge is 2.59. The summed E-state index contributed by atoms with van der Waals surface area (Å²) in [5, 5.41) is 8.68. The fourth-order valence-electron chi connectivity index (χ4n) is 3.67. The van der Waals surface area contributed by atoms with E-state index in [4.69, 9.17) is 14.6 Å². The van der Waals surface area contributed by atoms with Gasteiger partial charge in [-0.3, -0.25) is 9.59 Å². The number of rotatable bonds is 11. The van der Waals surface area contributed by atoms with Gasteiger partial charge in [-0.1, -0.05) is 31.9 Å². The summed E-state index contributed by atoms with van der Waals surface area (Å²) in [7, 11) is 0. The number of allylic oxidation sites excluding steroid dienone is 2. The van der Waals surface area contributed by atoms with Crippen LogP contribution in [-0.4, -0.2) is 41.3 Å². The van der Waals surface area contributed by atoms with Gasteiger partial charge < -0.3 is 14.6 Å². The van der Waals surface area contributed by atoms with E-state index in [-0.39, 0.29) is 42.5 Å². The van der Waals surface area contributed by atoms with E-state index in [9.17, 15) is 9.59 Å². The van der Waals surface area contributed by atoms with Crippen molar-refractivity contribution in [1.82, 2.24) is 0 Å². The van der Waals surface area contributed by atoms with Crippen LogP contribution in [0.5, 0.6) is 0 Å². The van der Waals surface area contributed by atoms with Gasteiger partial charge in [0.2, 0.25) is 0 Å². The Morgan fingerprint density at radius 1 is 1.20 bits per heavy atom. The molecule has 0 amide bonds. The molecule has 0 radical (unpaired) electrons. The summed E-state index contributed by atoms with van der Waals surface area (Å²) in [6.45, 7) is 2.20. The molecule has 2 heterocycles. The summed E-state index contributed by atoms with van der Waals surface area (Å²) in [6.07, 6.45) is 13.4. The predicted octanol–water partition coefficient (Wildman–Crippen LogP) is 3.43. The number of unbranched alkanes of at least 4 members (excludes halogenated alkanes) is 3. The molecule has 5 nitrogen and oxygen atoms in total. The van der Waals surface area contributed by atoms with Crippen LogP contribution in [0.2, 0.25) is 0 Å². The molecule has 5 atom stereocenters. The highest BCUT2D eigenvalue weighted by atomic mass is 16.6. The van der Waals surface area contributed by atoms with E-state index >= 15 is 0 Å². The Morgan fingerprint density at radius 3 is 2.80 bits per heavy atom. The van der Waals surface area contributed by atoms with E-state index in [1.165, 1.54) is 19.3 Å². The van der Waals surface area contributed by atoms with Gasteiger partial charge >= 0.3 is 5.97 Å². The van der Waals surface area contributed by atoms with Crippen LogP contribution < -0.4 is 0 Å². The van der Waals surface area contributed by atoms with Crippen molar-refractivity contribution in [2.75, 3.05) is 0 Å². The molecule has 2 saturated heterocycles. The third-order valence-electron chi connectivity index (χ3n) is 5.24. The van der Waals surface area contributed by atoms with Crippen LogP contribution in [0.1, 0.15) is 58.3 Å². The van der Waals surface area contributed by atoms with Gasteiger partial charge in [0.05, 0.1) is 12.2 Å². The number of epoxide rings is 2. The number of carbonyl (C=O) groups is 2. The van der Waals surface area contributed by atoms with Gasteiger partial charge in [-0.25, -0.2) is 0 Å². The summed E-state index contributed by atoms with van der Waals surface area (Å²) >= 11 is 0. The summed E-state index contributed by atoms with van der Waals surface area (Å²) in [6, 6.07) is 0. The fraction of sp³-hybridized carbons (Fsp3) is 0.700. The van der Waals surface area contributed by atoms with Gasteiger partial charge in [0, 0.05) is 17.9 Å². The van der Waals surface area contributed by atoms with Crippen molar-refractivity contribution in [2.24, 2.45) is 5.92 Å². The van der Waals surface area contributed by atoms with E-state index < -0.39 is 5.97 Å². The maximum atomic E-state index is 12.4. The minimum absolute atomic E-state index is 0.0266. The molecule has 5 heteroatoms. The maximum Gasteiger partial charge on any atom is 0.303 e. The molecule has 1 aliphatic carbocycles. The number of ether oxygens (including phenoxy) is 2. The minimum atomic E-state index is -0.774. The average Bonchev–Trinajstić information content (AvgIpc) is 3.47. The number of fused-ring (bicyclic) bond motifs is 1. The van der Waals surface area contributed by atoms with Gasteiger partial charge in [0.25, 0.3) is 0 Å². The van der Waals surface area contributed by atoms with Crippen molar-refractivity contribution in [1.29, 1.82) is 0 Å².